The first-order chi connectivity index (χ1) is 10.5. The van der Waals surface area contributed by atoms with Crippen molar-refractivity contribution < 1.29 is 14.3 Å². The first kappa shape index (κ1) is 21.8. The van der Waals surface area contributed by atoms with E-state index in [9.17, 15) is 9.59 Å². The fraction of sp³-hybridized carbons (Fsp3) is 0.875. The Hall–Kier alpha value is -0.200. The number of hydrogen-bond acceptors (Lipinski definition) is 5. The molecule has 1 heterocycles. The maximum atomic E-state index is 12.1. The molecule has 1 aliphatic rings. The SMILES string of the molecule is CC(=O)CCSS.CCCC(C)C(=O)N1CCCC1COC. The number of ether oxygens (including phenoxy) is 1. The van der Waals surface area contributed by atoms with Gasteiger partial charge >= 0.3 is 0 Å². The molecule has 0 aromatic carbocycles. The number of thiol groups is 1. The summed E-state index contributed by atoms with van der Waals surface area (Å²) in [4.78, 5) is 24.3. The molecule has 0 aromatic rings. The summed E-state index contributed by atoms with van der Waals surface area (Å²) in [6.07, 6.45) is 4.94. The number of amides is 1. The Morgan fingerprint density at radius 3 is 2.59 bits per heavy atom. The molecule has 1 saturated heterocycles. The van der Waals surface area contributed by atoms with Gasteiger partial charge in [0.05, 0.1) is 12.6 Å². The molecular formula is C16H31NO3S2. The van der Waals surface area contributed by atoms with E-state index in [1.807, 2.05) is 11.8 Å². The van der Waals surface area contributed by atoms with E-state index in [1.54, 1.807) is 14.0 Å². The Balaban J connectivity index is 0.000000534. The molecule has 0 saturated carbocycles. The third-order valence-corrected chi connectivity index (χ3v) is 4.64. The molecular weight excluding hydrogens is 318 g/mol. The van der Waals surface area contributed by atoms with Crippen LogP contribution >= 0.6 is 22.5 Å². The van der Waals surface area contributed by atoms with Crippen LogP contribution < -0.4 is 0 Å². The molecule has 2 unspecified atom stereocenters. The van der Waals surface area contributed by atoms with Crippen LogP contribution in [0.3, 0.4) is 0 Å². The lowest BCUT2D eigenvalue weighted by molar-refractivity contribution is -0.137. The monoisotopic (exact) mass is 349 g/mol. The lowest BCUT2D eigenvalue weighted by atomic mass is 10.0. The zero-order valence-corrected chi connectivity index (χ0v) is 16.0. The molecule has 1 amide bonds. The summed E-state index contributed by atoms with van der Waals surface area (Å²) in [6.45, 7) is 7.35. The smallest absolute Gasteiger partial charge is 0.225 e. The highest BCUT2D eigenvalue weighted by atomic mass is 33.1. The first-order valence-electron chi connectivity index (χ1n) is 8.03. The van der Waals surface area contributed by atoms with E-state index in [0.29, 0.717) is 25.0 Å². The van der Waals surface area contributed by atoms with Crippen LogP contribution in [0, 0.1) is 5.92 Å². The fourth-order valence-electron chi connectivity index (χ4n) is 2.52. The van der Waals surface area contributed by atoms with Crippen molar-refractivity contribution in [2.75, 3.05) is 26.0 Å². The van der Waals surface area contributed by atoms with Gasteiger partial charge in [0.1, 0.15) is 5.78 Å². The van der Waals surface area contributed by atoms with Crippen molar-refractivity contribution in [3.05, 3.63) is 0 Å². The molecule has 1 aliphatic heterocycles. The summed E-state index contributed by atoms with van der Waals surface area (Å²) < 4.78 is 5.15. The highest BCUT2D eigenvalue weighted by Crippen LogP contribution is 2.21. The summed E-state index contributed by atoms with van der Waals surface area (Å²) in [7, 11) is 3.11. The average Bonchev–Trinajstić information content (AvgIpc) is 2.94. The summed E-state index contributed by atoms with van der Waals surface area (Å²) in [6, 6.07) is 0.321. The third kappa shape index (κ3) is 9.06. The predicted molar refractivity (Wildman–Crippen MR) is 97.4 cm³/mol. The lowest BCUT2D eigenvalue weighted by Gasteiger charge is -2.26. The number of carbonyl (C=O) groups excluding carboxylic acids is 2. The first-order valence-corrected chi connectivity index (χ1v) is 10.1. The highest BCUT2D eigenvalue weighted by molar-refractivity contribution is 8.68. The van der Waals surface area contributed by atoms with Gasteiger partial charge in [0, 0.05) is 31.7 Å². The van der Waals surface area contributed by atoms with Gasteiger partial charge in [-0.05, 0) is 26.2 Å². The van der Waals surface area contributed by atoms with E-state index in [1.165, 1.54) is 10.8 Å². The van der Waals surface area contributed by atoms with Crippen molar-refractivity contribution in [3.8, 4) is 0 Å². The molecule has 0 N–H and O–H groups in total. The number of hydrogen-bond donors (Lipinski definition) is 1. The molecule has 2 atom stereocenters. The summed E-state index contributed by atoms with van der Waals surface area (Å²) in [5.74, 6) is 1.56. The summed E-state index contributed by atoms with van der Waals surface area (Å²) >= 11 is 3.86. The van der Waals surface area contributed by atoms with Crippen molar-refractivity contribution >= 4 is 34.1 Å². The second-order valence-corrected chi connectivity index (χ2v) is 7.20. The molecule has 0 aliphatic carbocycles. The van der Waals surface area contributed by atoms with E-state index < -0.39 is 0 Å². The summed E-state index contributed by atoms with van der Waals surface area (Å²) in [5.41, 5.74) is 0. The van der Waals surface area contributed by atoms with E-state index in [0.717, 1.165) is 38.0 Å². The molecule has 4 nitrogen and oxygen atoms in total. The van der Waals surface area contributed by atoms with E-state index in [4.69, 9.17) is 4.74 Å². The van der Waals surface area contributed by atoms with Crippen LogP contribution in [0.2, 0.25) is 0 Å². The minimum atomic E-state index is 0.174. The molecule has 22 heavy (non-hydrogen) atoms. The molecule has 130 valence electrons. The quantitative estimate of drug-likeness (QED) is 0.537. The van der Waals surface area contributed by atoms with Gasteiger partial charge in [-0.1, -0.05) is 31.1 Å². The van der Waals surface area contributed by atoms with Crippen LogP contribution in [-0.2, 0) is 14.3 Å². The average molecular weight is 350 g/mol. The van der Waals surface area contributed by atoms with Crippen LogP contribution in [-0.4, -0.2) is 48.6 Å². The van der Waals surface area contributed by atoms with Gasteiger partial charge in [-0.2, -0.15) is 0 Å². The number of methoxy groups -OCH3 is 1. The standard InChI is InChI=1S/C12H23NO2.C4H8OS2/c1-4-6-10(2)12(14)13-8-5-7-11(13)9-15-3;1-4(5)2-3-7-6/h10-11H,4-9H2,1-3H3;6H,2-3H2,1H3. The van der Waals surface area contributed by atoms with Crippen LogP contribution in [0.1, 0.15) is 52.9 Å². The van der Waals surface area contributed by atoms with Crippen molar-refractivity contribution in [2.24, 2.45) is 5.92 Å². The van der Waals surface area contributed by atoms with Crippen molar-refractivity contribution in [1.29, 1.82) is 0 Å². The van der Waals surface area contributed by atoms with E-state index in [-0.39, 0.29) is 11.7 Å². The van der Waals surface area contributed by atoms with E-state index in [2.05, 4.69) is 18.6 Å². The molecule has 0 bridgehead atoms. The number of likely N-dealkylation sites (tertiary alicyclic amines) is 1. The molecule has 0 spiro atoms. The molecule has 6 heteroatoms. The van der Waals surface area contributed by atoms with E-state index >= 15 is 0 Å². The van der Waals surface area contributed by atoms with Crippen LogP contribution in [0.5, 0.6) is 0 Å². The van der Waals surface area contributed by atoms with Gasteiger partial charge in [-0.15, -0.1) is 11.7 Å². The predicted octanol–water partition coefficient (Wildman–Crippen LogP) is 3.60. The van der Waals surface area contributed by atoms with Gasteiger partial charge in [0.25, 0.3) is 0 Å². The maximum absolute atomic E-state index is 12.1. The summed E-state index contributed by atoms with van der Waals surface area (Å²) in [5, 5.41) is 0. The van der Waals surface area contributed by atoms with Crippen LogP contribution in [0.4, 0.5) is 0 Å². The zero-order valence-electron chi connectivity index (χ0n) is 14.3. The minimum absolute atomic E-state index is 0.174. The Bertz CT molecular complexity index is 327. The number of Topliss-reactive ketones (excluding diaryl/α,β-unsaturated/α-hetero) is 1. The normalized spacial score (nSPS) is 18.6. The fourth-order valence-corrected chi connectivity index (χ4v) is 3.17. The van der Waals surface area contributed by atoms with Crippen molar-refractivity contribution in [1.82, 2.24) is 4.90 Å². The number of carbonyl (C=O) groups is 2. The van der Waals surface area contributed by atoms with Crippen LogP contribution in [0.25, 0.3) is 0 Å². The largest absolute Gasteiger partial charge is 0.383 e. The van der Waals surface area contributed by atoms with Gasteiger partial charge in [0.15, 0.2) is 0 Å². The maximum Gasteiger partial charge on any atom is 0.225 e. The second kappa shape index (κ2) is 13.3. The van der Waals surface area contributed by atoms with Gasteiger partial charge in [0.2, 0.25) is 5.91 Å². The molecule has 0 aromatic heterocycles. The minimum Gasteiger partial charge on any atom is -0.383 e. The number of rotatable bonds is 8. The number of ketones is 1. The Kier molecular flexibility index (Phi) is 13.1. The van der Waals surface area contributed by atoms with Crippen LogP contribution in [0.15, 0.2) is 0 Å². The van der Waals surface area contributed by atoms with Crippen molar-refractivity contribution in [3.63, 3.8) is 0 Å². The topological polar surface area (TPSA) is 46.6 Å². The lowest BCUT2D eigenvalue weighted by Crippen LogP contribution is -2.41. The Labute approximate surface area is 144 Å². The van der Waals surface area contributed by atoms with Gasteiger partial charge in [-0.25, -0.2) is 0 Å². The molecule has 1 rings (SSSR count). The number of nitrogens with zero attached hydrogens (tertiary/aromatic N) is 1. The molecule has 0 radical (unpaired) electrons. The Morgan fingerprint density at radius 1 is 1.45 bits per heavy atom. The van der Waals surface area contributed by atoms with Crippen molar-refractivity contribution in [2.45, 2.75) is 58.9 Å². The molecule has 1 fully saturated rings. The Morgan fingerprint density at radius 2 is 2.14 bits per heavy atom. The van der Waals surface area contributed by atoms with Gasteiger partial charge < -0.3 is 9.64 Å². The zero-order chi connectivity index (χ0) is 17.0. The highest BCUT2D eigenvalue weighted by Gasteiger charge is 2.30. The second-order valence-electron chi connectivity index (χ2n) is 5.76. The third-order valence-electron chi connectivity index (χ3n) is 3.71. The van der Waals surface area contributed by atoms with Gasteiger partial charge in [-0.3, -0.25) is 9.59 Å².